The minimum absolute atomic E-state index is 0. The van der Waals surface area contributed by atoms with Gasteiger partial charge >= 0.3 is 51.4 Å². The summed E-state index contributed by atoms with van der Waals surface area (Å²) in [6, 6.07) is 12.9. The Hall–Kier alpha value is 0.266. The van der Waals surface area contributed by atoms with Crippen LogP contribution in [0.2, 0.25) is 0 Å². The Morgan fingerprint density at radius 1 is 1.18 bits per heavy atom. The predicted molar refractivity (Wildman–Crippen MR) is 40.6 cm³/mol. The van der Waals surface area contributed by atoms with E-state index >= 15 is 0 Å². The molecule has 0 amide bonds. The van der Waals surface area contributed by atoms with E-state index in [1.807, 2.05) is 30.3 Å². The second-order valence-corrected chi connectivity index (χ2v) is 2.11. The number of pyridine rings is 1. The second-order valence-electron chi connectivity index (χ2n) is 2.11. The van der Waals surface area contributed by atoms with Crippen molar-refractivity contribution in [3.8, 4) is 0 Å². The molecule has 2 rings (SSSR count). The Morgan fingerprint density at radius 2 is 2.00 bits per heavy atom. The molecule has 0 radical (unpaired) electrons. The van der Waals surface area contributed by atoms with E-state index in [2.05, 4.69) is 11.1 Å². The van der Waals surface area contributed by atoms with Crippen molar-refractivity contribution >= 4 is 10.9 Å². The maximum atomic E-state index is 4.13. The zero-order valence-corrected chi connectivity index (χ0v) is 9.53. The van der Waals surface area contributed by atoms with Gasteiger partial charge in [0.2, 0.25) is 0 Å². The molecule has 11 heavy (non-hydrogen) atoms. The quantitative estimate of drug-likeness (QED) is 0.364. The predicted octanol–water partition coefficient (Wildman–Crippen LogP) is -0.961. The van der Waals surface area contributed by atoms with Crippen molar-refractivity contribution in [3.05, 3.63) is 42.6 Å². The molecule has 0 saturated carbocycles. The standard InChI is InChI=1S/C9H6N.K/c1-2-6-9-8(4-1)5-3-7-10-9;/h1-5,7H;/q-1;+1. The first-order valence-electron chi connectivity index (χ1n) is 3.18. The molecule has 0 bridgehead atoms. The topological polar surface area (TPSA) is 12.9 Å². The third-order valence-electron chi connectivity index (χ3n) is 1.43. The van der Waals surface area contributed by atoms with E-state index in [-0.39, 0.29) is 51.4 Å². The van der Waals surface area contributed by atoms with Gasteiger partial charge in [-0.1, -0.05) is 6.07 Å². The van der Waals surface area contributed by atoms with E-state index in [0.29, 0.717) is 0 Å². The maximum absolute atomic E-state index is 4.13. The molecule has 0 aliphatic carbocycles. The van der Waals surface area contributed by atoms with Crippen molar-refractivity contribution < 1.29 is 51.4 Å². The number of aromatic nitrogens is 1. The summed E-state index contributed by atoms with van der Waals surface area (Å²) in [4.78, 5) is 4.13. The summed E-state index contributed by atoms with van der Waals surface area (Å²) in [7, 11) is 0. The van der Waals surface area contributed by atoms with E-state index in [4.69, 9.17) is 0 Å². The summed E-state index contributed by atoms with van der Waals surface area (Å²) in [5, 5.41) is 1.14. The molecule has 0 unspecified atom stereocenters. The van der Waals surface area contributed by atoms with Gasteiger partial charge in [-0.25, -0.2) is 0 Å². The van der Waals surface area contributed by atoms with Crippen molar-refractivity contribution in [2.24, 2.45) is 0 Å². The second kappa shape index (κ2) is 4.33. The molecular weight excluding hydrogens is 161 g/mol. The van der Waals surface area contributed by atoms with Crippen LogP contribution in [0.5, 0.6) is 0 Å². The van der Waals surface area contributed by atoms with Crippen LogP contribution < -0.4 is 51.4 Å². The average molecular weight is 167 g/mol. The van der Waals surface area contributed by atoms with Crippen LogP contribution in [0, 0.1) is 6.07 Å². The molecule has 0 spiro atoms. The van der Waals surface area contributed by atoms with Crippen LogP contribution in [-0.2, 0) is 0 Å². The van der Waals surface area contributed by atoms with Crippen molar-refractivity contribution in [1.82, 2.24) is 4.98 Å². The van der Waals surface area contributed by atoms with Gasteiger partial charge in [-0.2, -0.15) is 24.3 Å². The normalized spacial score (nSPS) is 9.09. The molecule has 0 aliphatic heterocycles. The van der Waals surface area contributed by atoms with Gasteiger partial charge in [0.05, 0.1) is 0 Å². The fourth-order valence-corrected chi connectivity index (χ4v) is 0.952. The maximum Gasteiger partial charge on any atom is 1.00 e. The zero-order chi connectivity index (χ0) is 6.81. The molecule has 0 N–H and O–H groups in total. The Bertz CT molecular complexity index is 281. The number of nitrogens with zero attached hydrogens (tertiary/aromatic N) is 1. The molecule has 1 nitrogen and oxygen atoms in total. The Labute approximate surface area is 108 Å². The van der Waals surface area contributed by atoms with Crippen molar-refractivity contribution in [2.45, 2.75) is 0 Å². The molecule has 2 heteroatoms. The molecular formula is C9H6KN. The minimum atomic E-state index is 0. The van der Waals surface area contributed by atoms with Crippen LogP contribution >= 0.6 is 0 Å². The zero-order valence-electron chi connectivity index (χ0n) is 6.41. The van der Waals surface area contributed by atoms with E-state index in [1.165, 1.54) is 0 Å². The number of hydrogen-bond acceptors (Lipinski definition) is 1. The fraction of sp³-hybridized carbons (Fsp3) is 0. The van der Waals surface area contributed by atoms with Gasteiger partial charge in [0.25, 0.3) is 0 Å². The van der Waals surface area contributed by atoms with Gasteiger partial charge in [-0.3, -0.25) is 4.98 Å². The van der Waals surface area contributed by atoms with Crippen LogP contribution in [0.1, 0.15) is 0 Å². The SMILES string of the molecule is [K+].[c-]1cccc2cccnc12. The van der Waals surface area contributed by atoms with Crippen molar-refractivity contribution in [2.75, 3.05) is 0 Å². The van der Waals surface area contributed by atoms with Crippen LogP contribution in [0.3, 0.4) is 0 Å². The first kappa shape index (κ1) is 9.36. The van der Waals surface area contributed by atoms with Gasteiger partial charge in [0.1, 0.15) is 0 Å². The molecule has 0 aliphatic rings. The number of benzene rings is 1. The molecule has 0 saturated heterocycles. The molecule has 48 valence electrons. The largest absolute Gasteiger partial charge is 1.00 e. The van der Waals surface area contributed by atoms with E-state index < -0.39 is 0 Å². The molecule has 2 aromatic rings. The summed E-state index contributed by atoms with van der Waals surface area (Å²) in [5.74, 6) is 0. The molecule has 0 atom stereocenters. The van der Waals surface area contributed by atoms with Crippen LogP contribution in [0.25, 0.3) is 10.9 Å². The van der Waals surface area contributed by atoms with Crippen LogP contribution in [-0.4, -0.2) is 4.98 Å². The fourth-order valence-electron chi connectivity index (χ4n) is 0.952. The first-order chi connectivity index (χ1) is 4.97. The van der Waals surface area contributed by atoms with Gasteiger partial charge in [0, 0.05) is 6.20 Å². The van der Waals surface area contributed by atoms with E-state index in [9.17, 15) is 0 Å². The number of fused-ring (bicyclic) bond motifs is 1. The number of hydrogen-bond donors (Lipinski definition) is 0. The summed E-state index contributed by atoms with van der Waals surface area (Å²) in [5.41, 5.74) is 0.935. The van der Waals surface area contributed by atoms with Gasteiger partial charge in [-0.05, 0) is 5.52 Å². The summed E-state index contributed by atoms with van der Waals surface area (Å²) >= 11 is 0. The van der Waals surface area contributed by atoms with Gasteiger partial charge < -0.3 is 0 Å². The summed E-state index contributed by atoms with van der Waals surface area (Å²) < 4.78 is 0. The monoisotopic (exact) mass is 167 g/mol. The van der Waals surface area contributed by atoms with Gasteiger partial charge in [-0.15, -0.1) is 11.5 Å². The molecule has 0 fully saturated rings. The Kier molecular flexibility index (Phi) is 3.68. The van der Waals surface area contributed by atoms with Gasteiger partial charge in [0.15, 0.2) is 0 Å². The number of para-hydroxylation sites is 1. The molecule has 1 heterocycles. The smallest absolute Gasteiger partial charge is 0.283 e. The average Bonchev–Trinajstić information content (AvgIpc) is 2.05. The number of rotatable bonds is 0. The minimum Gasteiger partial charge on any atom is -0.283 e. The third-order valence-corrected chi connectivity index (χ3v) is 1.43. The molecule has 1 aromatic heterocycles. The van der Waals surface area contributed by atoms with Crippen molar-refractivity contribution in [3.63, 3.8) is 0 Å². The summed E-state index contributed by atoms with van der Waals surface area (Å²) in [6.45, 7) is 0. The van der Waals surface area contributed by atoms with Crippen LogP contribution in [0.4, 0.5) is 0 Å². The third kappa shape index (κ3) is 2.10. The molecule has 1 aromatic carbocycles. The van der Waals surface area contributed by atoms with E-state index in [0.717, 1.165) is 10.9 Å². The van der Waals surface area contributed by atoms with Crippen molar-refractivity contribution in [1.29, 1.82) is 0 Å². The summed E-state index contributed by atoms with van der Waals surface area (Å²) in [6.07, 6.45) is 1.78. The van der Waals surface area contributed by atoms with Crippen LogP contribution in [0.15, 0.2) is 36.5 Å². The first-order valence-corrected chi connectivity index (χ1v) is 3.18. The Morgan fingerprint density at radius 3 is 2.82 bits per heavy atom. The Balaban J connectivity index is 0.000000605. The van der Waals surface area contributed by atoms with E-state index in [1.54, 1.807) is 6.20 Å².